The molecule has 2 aliphatic rings. The largest absolute Gasteiger partial charge is 0.336 e. The van der Waals surface area contributed by atoms with Crippen molar-refractivity contribution < 1.29 is 21.6 Å². The maximum atomic E-state index is 13.1. The Morgan fingerprint density at radius 1 is 0.839 bits per heavy atom. The van der Waals surface area contributed by atoms with Gasteiger partial charge in [0, 0.05) is 31.7 Å². The van der Waals surface area contributed by atoms with Crippen LogP contribution in [-0.2, 0) is 32.7 Å². The standard InChI is InChI=1S/C22H26N2O5S2/c1-2-30(26,27)20-9-7-18(8-10-20)22(25)23-12-14-24(15-13-23)31(28,29)21-11-6-17-4-3-5-19(17)16-21/h6-11,16H,2-5,12-15H2,1H3. The van der Waals surface area contributed by atoms with Gasteiger partial charge in [-0.25, -0.2) is 16.8 Å². The Morgan fingerprint density at radius 3 is 2.10 bits per heavy atom. The number of carbonyl (C=O) groups is 1. The fourth-order valence-corrected chi connectivity index (χ4v) is 6.50. The van der Waals surface area contributed by atoms with Gasteiger partial charge in [0.1, 0.15) is 0 Å². The van der Waals surface area contributed by atoms with Gasteiger partial charge in [-0.2, -0.15) is 4.31 Å². The molecule has 0 bridgehead atoms. The molecule has 1 heterocycles. The molecule has 0 unspecified atom stereocenters. The van der Waals surface area contributed by atoms with E-state index in [0.717, 1.165) is 24.8 Å². The first kappa shape index (κ1) is 22.0. The number of carbonyl (C=O) groups excluding carboxylic acids is 1. The molecular formula is C22H26N2O5S2. The van der Waals surface area contributed by atoms with Crippen molar-refractivity contribution in [2.75, 3.05) is 31.9 Å². The van der Waals surface area contributed by atoms with Crippen molar-refractivity contribution in [2.45, 2.75) is 36.0 Å². The lowest BCUT2D eigenvalue weighted by Crippen LogP contribution is -2.50. The Kier molecular flexibility index (Phi) is 5.93. The lowest BCUT2D eigenvalue weighted by Gasteiger charge is -2.34. The number of amides is 1. The molecule has 0 saturated carbocycles. The first-order chi connectivity index (χ1) is 14.7. The van der Waals surface area contributed by atoms with E-state index in [1.165, 1.54) is 34.1 Å². The summed E-state index contributed by atoms with van der Waals surface area (Å²) in [6, 6.07) is 11.3. The van der Waals surface area contributed by atoms with Crippen LogP contribution in [0.3, 0.4) is 0 Å². The molecule has 7 nitrogen and oxygen atoms in total. The Morgan fingerprint density at radius 2 is 1.45 bits per heavy atom. The molecule has 1 saturated heterocycles. The highest BCUT2D eigenvalue weighted by atomic mass is 32.2. The molecule has 1 aliphatic heterocycles. The van der Waals surface area contributed by atoms with Crippen molar-refractivity contribution in [3.63, 3.8) is 0 Å². The highest BCUT2D eigenvalue weighted by Gasteiger charge is 2.31. The van der Waals surface area contributed by atoms with Crippen LogP contribution < -0.4 is 0 Å². The minimum Gasteiger partial charge on any atom is -0.336 e. The van der Waals surface area contributed by atoms with Crippen LogP contribution in [-0.4, -0.2) is 63.9 Å². The van der Waals surface area contributed by atoms with Gasteiger partial charge in [-0.05, 0) is 66.8 Å². The minimum absolute atomic E-state index is 0.000939. The number of fused-ring (bicyclic) bond motifs is 1. The quantitative estimate of drug-likeness (QED) is 0.679. The van der Waals surface area contributed by atoms with Gasteiger partial charge in [-0.3, -0.25) is 4.79 Å². The average Bonchev–Trinajstić information content (AvgIpc) is 3.27. The first-order valence-corrected chi connectivity index (χ1v) is 13.6. The highest BCUT2D eigenvalue weighted by Crippen LogP contribution is 2.27. The molecule has 0 aromatic heterocycles. The van der Waals surface area contributed by atoms with E-state index >= 15 is 0 Å². The van der Waals surface area contributed by atoms with Gasteiger partial charge in [0.2, 0.25) is 10.0 Å². The van der Waals surface area contributed by atoms with E-state index < -0.39 is 19.9 Å². The summed E-state index contributed by atoms with van der Waals surface area (Å²) < 4.78 is 51.4. The second-order valence-electron chi connectivity index (χ2n) is 7.91. The van der Waals surface area contributed by atoms with Crippen molar-refractivity contribution in [2.24, 2.45) is 0 Å². The summed E-state index contributed by atoms with van der Waals surface area (Å²) >= 11 is 0. The molecule has 0 atom stereocenters. The molecule has 166 valence electrons. The molecule has 9 heteroatoms. The predicted octanol–water partition coefficient (Wildman–Crippen LogP) is 2.12. The monoisotopic (exact) mass is 462 g/mol. The van der Waals surface area contributed by atoms with Gasteiger partial charge in [0.05, 0.1) is 15.5 Å². The number of sulfonamides is 1. The maximum Gasteiger partial charge on any atom is 0.253 e. The van der Waals surface area contributed by atoms with Crippen molar-refractivity contribution in [3.8, 4) is 0 Å². The van der Waals surface area contributed by atoms with E-state index in [9.17, 15) is 21.6 Å². The first-order valence-electron chi connectivity index (χ1n) is 10.5. The summed E-state index contributed by atoms with van der Waals surface area (Å²) in [5.41, 5.74) is 2.74. The van der Waals surface area contributed by atoms with Crippen LogP contribution in [0, 0.1) is 0 Å². The van der Waals surface area contributed by atoms with Crippen molar-refractivity contribution >= 4 is 25.8 Å². The number of sulfone groups is 1. The average molecular weight is 463 g/mol. The van der Waals surface area contributed by atoms with Crippen LogP contribution in [0.1, 0.15) is 34.8 Å². The second kappa shape index (κ2) is 8.37. The zero-order valence-electron chi connectivity index (χ0n) is 17.5. The number of aryl methyl sites for hydroxylation is 2. The number of nitrogens with zero attached hydrogens (tertiary/aromatic N) is 2. The van der Waals surface area contributed by atoms with Gasteiger partial charge in [0.25, 0.3) is 5.91 Å². The number of piperazine rings is 1. The molecule has 2 aromatic rings. The molecule has 4 rings (SSSR count). The van der Waals surface area contributed by atoms with Crippen molar-refractivity contribution in [1.29, 1.82) is 0 Å². The Hall–Kier alpha value is -2.23. The second-order valence-corrected chi connectivity index (χ2v) is 12.1. The zero-order valence-corrected chi connectivity index (χ0v) is 19.1. The number of hydrogen-bond donors (Lipinski definition) is 0. The minimum atomic E-state index is -3.59. The molecule has 2 aromatic carbocycles. The highest BCUT2D eigenvalue weighted by molar-refractivity contribution is 7.91. The summed E-state index contributed by atoms with van der Waals surface area (Å²) in [5.74, 6) is -0.226. The van der Waals surface area contributed by atoms with E-state index in [1.54, 1.807) is 24.0 Å². The third kappa shape index (κ3) is 4.26. The Balaban J connectivity index is 1.43. The Labute approximate surface area is 183 Å². The summed E-state index contributed by atoms with van der Waals surface area (Å²) in [6.45, 7) is 2.61. The topological polar surface area (TPSA) is 91.8 Å². The van der Waals surface area contributed by atoms with Crippen molar-refractivity contribution in [1.82, 2.24) is 9.21 Å². The van der Waals surface area contributed by atoms with Crippen LogP contribution in [0.5, 0.6) is 0 Å². The molecular weight excluding hydrogens is 436 g/mol. The fraction of sp³-hybridized carbons (Fsp3) is 0.409. The van der Waals surface area contributed by atoms with Crippen LogP contribution in [0.15, 0.2) is 52.3 Å². The third-order valence-electron chi connectivity index (χ3n) is 6.07. The molecule has 1 aliphatic carbocycles. The maximum absolute atomic E-state index is 13.1. The smallest absolute Gasteiger partial charge is 0.253 e. The molecule has 1 fully saturated rings. The summed E-state index contributed by atoms with van der Waals surface area (Å²) in [7, 11) is -6.91. The van der Waals surface area contributed by atoms with Gasteiger partial charge >= 0.3 is 0 Å². The number of hydrogen-bond acceptors (Lipinski definition) is 5. The molecule has 1 amide bonds. The van der Waals surface area contributed by atoms with E-state index in [1.807, 2.05) is 6.07 Å². The molecule has 0 spiro atoms. The number of benzene rings is 2. The van der Waals surface area contributed by atoms with E-state index in [4.69, 9.17) is 0 Å². The van der Waals surface area contributed by atoms with Gasteiger partial charge < -0.3 is 4.90 Å². The summed E-state index contributed by atoms with van der Waals surface area (Å²) in [5, 5.41) is 0. The van der Waals surface area contributed by atoms with Crippen LogP contribution >= 0.6 is 0 Å². The Bertz CT molecular complexity index is 1200. The van der Waals surface area contributed by atoms with Crippen LogP contribution in [0.4, 0.5) is 0 Å². The zero-order chi connectivity index (χ0) is 22.2. The summed E-state index contributed by atoms with van der Waals surface area (Å²) in [4.78, 5) is 14.9. The number of rotatable bonds is 5. The SMILES string of the molecule is CCS(=O)(=O)c1ccc(C(=O)N2CCN(S(=O)(=O)c3ccc4c(c3)CCC4)CC2)cc1. The third-order valence-corrected chi connectivity index (χ3v) is 9.72. The van der Waals surface area contributed by atoms with Gasteiger partial charge in [0.15, 0.2) is 9.84 Å². The summed E-state index contributed by atoms with van der Waals surface area (Å²) in [6.07, 6.45) is 2.98. The van der Waals surface area contributed by atoms with Gasteiger partial charge in [-0.1, -0.05) is 13.0 Å². The van der Waals surface area contributed by atoms with Gasteiger partial charge in [-0.15, -0.1) is 0 Å². The normalized spacial score (nSPS) is 17.5. The molecule has 31 heavy (non-hydrogen) atoms. The molecule has 0 N–H and O–H groups in total. The molecule has 0 radical (unpaired) electrons. The van der Waals surface area contributed by atoms with Crippen LogP contribution in [0.2, 0.25) is 0 Å². The van der Waals surface area contributed by atoms with E-state index in [-0.39, 0.29) is 42.7 Å². The van der Waals surface area contributed by atoms with Crippen LogP contribution in [0.25, 0.3) is 0 Å². The fourth-order valence-electron chi connectivity index (χ4n) is 4.14. The predicted molar refractivity (Wildman–Crippen MR) is 117 cm³/mol. The van der Waals surface area contributed by atoms with E-state index in [2.05, 4.69) is 0 Å². The lowest BCUT2D eigenvalue weighted by molar-refractivity contribution is 0.0698. The lowest BCUT2D eigenvalue weighted by atomic mass is 10.1. The van der Waals surface area contributed by atoms with E-state index in [0.29, 0.717) is 10.5 Å². The van der Waals surface area contributed by atoms with Crippen molar-refractivity contribution in [3.05, 3.63) is 59.2 Å².